The molecule has 43 heavy (non-hydrogen) atoms. The number of carbonyl (C=O) groups is 1. The fourth-order valence-corrected chi connectivity index (χ4v) is 4.97. The van der Waals surface area contributed by atoms with Gasteiger partial charge in [-0.1, -0.05) is 154 Å². The molecule has 0 heterocycles. The zero-order chi connectivity index (χ0) is 32.1. The van der Waals surface area contributed by atoms with E-state index in [1.807, 2.05) is 0 Å². The molecule has 0 saturated carbocycles. The molecule has 6 heteroatoms. The van der Waals surface area contributed by atoms with E-state index in [4.69, 9.17) is 25.2 Å². The molecule has 0 bridgehead atoms. The van der Waals surface area contributed by atoms with E-state index in [1.165, 1.54) is 128 Å². The lowest BCUT2D eigenvalue weighted by molar-refractivity contribution is -0.147. The van der Waals surface area contributed by atoms with Gasteiger partial charge in [0.05, 0.1) is 19.3 Å². The normalized spacial score (nSPS) is 12.7. The Bertz CT molecular complexity index is 553. The summed E-state index contributed by atoms with van der Waals surface area (Å²) in [5, 5.41) is 35.5. The zero-order valence-electron chi connectivity index (χ0n) is 28.6. The number of aliphatic hydroxyl groups is 4. The van der Waals surface area contributed by atoms with Crippen LogP contribution in [0.3, 0.4) is 0 Å². The molecule has 6 nitrogen and oxygen atoms in total. The van der Waals surface area contributed by atoms with Crippen LogP contribution in [0.15, 0.2) is 12.2 Å². The standard InChI is InChI=1S/C21H40O4.C16H34O2/c1-2-3-4-5-6-7-8-9-10-11-12-13-14-15-16-17-21(24)25-19-20(23)18-22;1-2-3-4-5-6-7-8-9-10-11-12-13-14-16(18)15-17/h9-10,20,22-23H,2-8,11-19H2,1H3;16-18H,2-15H2,1H3/b10-9-;. The Morgan fingerprint density at radius 3 is 1.33 bits per heavy atom. The lowest BCUT2D eigenvalue weighted by Crippen LogP contribution is -2.21. The quantitative estimate of drug-likeness (QED) is 0.0342. The van der Waals surface area contributed by atoms with Gasteiger partial charge in [0.2, 0.25) is 0 Å². The van der Waals surface area contributed by atoms with Crippen LogP contribution in [0.1, 0.15) is 187 Å². The van der Waals surface area contributed by atoms with Crippen LogP contribution in [0.2, 0.25) is 0 Å². The highest BCUT2D eigenvalue weighted by atomic mass is 16.5. The molecular formula is C37H74O6. The zero-order valence-corrected chi connectivity index (χ0v) is 28.6. The molecule has 0 amide bonds. The minimum absolute atomic E-state index is 0.0853. The van der Waals surface area contributed by atoms with Gasteiger partial charge in [-0.15, -0.1) is 0 Å². The van der Waals surface area contributed by atoms with Gasteiger partial charge < -0.3 is 25.2 Å². The average molecular weight is 615 g/mol. The first-order chi connectivity index (χ1) is 21.0. The third-order valence-corrected chi connectivity index (χ3v) is 7.89. The van der Waals surface area contributed by atoms with Crippen molar-refractivity contribution < 1.29 is 30.0 Å². The van der Waals surface area contributed by atoms with Crippen LogP contribution in [-0.2, 0) is 9.53 Å². The summed E-state index contributed by atoms with van der Waals surface area (Å²) in [6.07, 6.45) is 36.4. The van der Waals surface area contributed by atoms with Gasteiger partial charge in [-0.25, -0.2) is 0 Å². The topological polar surface area (TPSA) is 107 Å². The summed E-state index contributed by atoms with van der Waals surface area (Å²) >= 11 is 0. The van der Waals surface area contributed by atoms with E-state index < -0.39 is 12.2 Å². The Balaban J connectivity index is 0. The lowest BCUT2D eigenvalue weighted by atomic mass is 10.0. The number of ether oxygens (including phenoxy) is 1. The first kappa shape index (κ1) is 44.2. The van der Waals surface area contributed by atoms with Crippen molar-refractivity contribution in [3.05, 3.63) is 12.2 Å². The van der Waals surface area contributed by atoms with Crippen LogP contribution in [0.5, 0.6) is 0 Å². The minimum atomic E-state index is -0.960. The SMILES string of the molecule is CCCCCCCC/C=C\CCCCCCCC(=O)OCC(O)CO.CCCCCCCCCCCCCCC(O)CO. The second-order valence-electron chi connectivity index (χ2n) is 12.4. The highest BCUT2D eigenvalue weighted by Gasteiger charge is 2.07. The van der Waals surface area contributed by atoms with E-state index in [9.17, 15) is 4.79 Å². The van der Waals surface area contributed by atoms with Crippen molar-refractivity contribution in [3.63, 3.8) is 0 Å². The Morgan fingerprint density at radius 1 is 0.535 bits per heavy atom. The summed E-state index contributed by atoms with van der Waals surface area (Å²) in [6.45, 7) is 3.95. The maximum atomic E-state index is 11.4. The molecule has 0 aliphatic rings. The summed E-state index contributed by atoms with van der Waals surface area (Å²) in [4.78, 5) is 11.4. The van der Waals surface area contributed by atoms with Crippen LogP contribution >= 0.6 is 0 Å². The molecule has 0 rings (SSSR count). The largest absolute Gasteiger partial charge is 0.463 e. The number of esters is 1. The summed E-state index contributed by atoms with van der Waals surface area (Å²) < 4.78 is 4.86. The van der Waals surface area contributed by atoms with Crippen molar-refractivity contribution in [1.82, 2.24) is 0 Å². The Morgan fingerprint density at radius 2 is 0.907 bits per heavy atom. The number of rotatable bonds is 32. The number of allylic oxidation sites excluding steroid dienone is 2. The van der Waals surface area contributed by atoms with Crippen LogP contribution in [0, 0.1) is 0 Å². The van der Waals surface area contributed by atoms with E-state index in [-0.39, 0.29) is 25.8 Å². The second kappa shape index (κ2) is 39.1. The number of aliphatic hydroxyl groups excluding tert-OH is 4. The maximum absolute atomic E-state index is 11.4. The molecule has 0 fully saturated rings. The van der Waals surface area contributed by atoms with Crippen LogP contribution in [0.4, 0.5) is 0 Å². The maximum Gasteiger partial charge on any atom is 0.305 e. The molecule has 0 radical (unpaired) electrons. The van der Waals surface area contributed by atoms with Gasteiger partial charge in [-0.05, 0) is 38.5 Å². The van der Waals surface area contributed by atoms with Crippen molar-refractivity contribution in [2.75, 3.05) is 19.8 Å². The number of hydrogen-bond donors (Lipinski definition) is 4. The molecule has 0 aromatic carbocycles. The van der Waals surface area contributed by atoms with Crippen molar-refractivity contribution in [1.29, 1.82) is 0 Å². The summed E-state index contributed by atoms with van der Waals surface area (Å²) in [6, 6.07) is 0. The molecule has 0 aliphatic carbocycles. The molecule has 2 unspecified atom stereocenters. The van der Waals surface area contributed by atoms with Gasteiger partial charge in [0.1, 0.15) is 12.7 Å². The fraction of sp³-hybridized carbons (Fsp3) is 0.919. The molecule has 0 spiro atoms. The first-order valence-corrected chi connectivity index (χ1v) is 18.4. The molecule has 0 saturated heterocycles. The number of unbranched alkanes of at least 4 members (excludes halogenated alkanes) is 22. The smallest absolute Gasteiger partial charge is 0.305 e. The van der Waals surface area contributed by atoms with Gasteiger partial charge in [0, 0.05) is 6.42 Å². The van der Waals surface area contributed by atoms with E-state index in [0.29, 0.717) is 6.42 Å². The molecule has 0 aromatic rings. The van der Waals surface area contributed by atoms with Crippen molar-refractivity contribution in [2.45, 2.75) is 199 Å². The molecule has 4 N–H and O–H groups in total. The van der Waals surface area contributed by atoms with E-state index in [0.717, 1.165) is 38.5 Å². The number of carbonyl (C=O) groups excluding carboxylic acids is 1. The van der Waals surface area contributed by atoms with Gasteiger partial charge in [-0.3, -0.25) is 4.79 Å². The number of hydrogen-bond acceptors (Lipinski definition) is 6. The predicted molar refractivity (Wildman–Crippen MR) is 182 cm³/mol. The van der Waals surface area contributed by atoms with Gasteiger partial charge in [0.15, 0.2) is 0 Å². The van der Waals surface area contributed by atoms with Crippen LogP contribution in [0.25, 0.3) is 0 Å². The van der Waals surface area contributed by atoms with Crippen LogP contribution < -0.4 is 0 Å². The average Bonchev–Trinajstić information content (AvgIpc) is 3.02. The van der Waals surface area contributed by atoms with Crippen molar-refractivity contribution in [3.8, 4) is 0 Å². The third-order valence-electron chi connectivity index (χ3n) is 7.89. The lowest BCUT2D eigenvalue weighted by Gasteiger charge is -2.08. The molecule has 258 valence electrons. The third kappa shape index (κ3) is 41.1. The Labute approximate surface area is 267 Å². The molecule has 0 aliphatic heterocycles. The second-order valence-corrected chi connectivity index (χ2v) is 12.4. The summed E-state index contributed by atoms with van der Waals surface area (Å²) in [5.41, 5.74) is 0. The molecule has 0 aromatic heterocycles. The fourth-order valence-electron chi connectivity index (χ4n) is 4.97. The Kier molecular flexibility index (Phi) is 40.1. The van der Waals surface area contributed by atoms with Crippen molar-refractivity contribution >= 4 is 5.97 Å². The van der Waals surface area contributed by atoms with Crippen molar-refractivity contribution in [2.24, 2.45) is 0 Å². The highest BCUT2D eigenvalue weighted by molar-refractivity contribution is 5.69. The van der Waals surface area contributed by atoms with Gasteiger partial charge >= 0.3 is 5.97 Å². The Hall–Kier alpha value is -0.950. The van der Waals surface area contributed by atoms with E-state index in [2.05, 4.69) is 26.0 Å². The van der Waals surface area contributed by atoms with Gasteiger partial charge in [0.25, 0.3) is 0 Å². The predicted octanol–water partition coefficient (Wildman–Crippen LogP) is 9.35. The summed E-state index contributed by atoms with van der Waals surface area (Å²) in [7, 11) is 0. The van der Waals surface area contributed by atoms with E-state index in [1.54, 1.807) is 0 Å². The van der Waals surface area contributed by atoms with Crippen LogP contribution in [-0.4, -0.2) is 58.4 Å². The van der Waals surface area contributed by atoms with E-state index >= 15 is 0 Å². The highest BCUT2D eigenvalue weighted by Crippen LogP contribution is 2.13. The first-order valence-electron chi connectivity index (χ1n) is 18.4. The molecule has 2 atom stereocenters. The molecular weight excluding hydrogens is 540 g/mol. The van der Waals surface area contributed by atoms with Gasteiger partial charge in [-0.2, -0.15) is 0 Å². The minimum Gasteiger partial charge on any atom is -0.463 e. The monoisotopic (exact) mass is 615 g/mol. The summed E-state index contributed by atoms with van der Waals surface area (Å²) in [5.74, 6) is -0.287.